The van der Waals surface area contributed by atoms with Crippen molar-refractivity contribution < 1.29 is 13.9 Å². The molecule has 0 unspecified atom stereocenters. The molecule has 0 aliphatic heterocycles. The minimum atomic E-state index is -0.315. The Morgan fingerprint density at radius 2 is 1.95 bits per heavy atom. The molecular formula is C16H18BrNO3. The molecule has 2 rings (SSSR count). The molecule has 2 aromatic rings. The lowest BCUT2D eigenvalue weighted by Gasteiger charge is -2.21. The Labute approximate surface area is 132 Å². The molecule has 0 aliphatic rings. The molecule has 4 nitrogen and oxygen atoms in total. The molecule has 0 fully saturated rings. The molecule has 0 spiro atoms. The highest BCUT2D eigenvalue weighted by atomic mass is 79.9. The van der Waals surface area contributed by atoms with Crippen LogP contribution >= 0.6 is 15.9 Å². The van der Waals surface area contributed by atoms with Gasteiger partial charge in [-0.2, -0.15) is 0 Å². The van der Waals surface area contributed by atoms with Crippen LogP contribution in [0.15, 0.2) is 39.4 Å². The van der Waals surface area contributed by atoms with Crippen molar-refractivity contribution in [3.05, 3.63) is 46.3 Å². The van der Waals surface area contributed by atoms with E-state index in [2.05, 4.69) is 42.0 Å². The first-order chi connectivity index (χ1) is 9.81. The molecular weight excluding hydrogens is 334 g/mol. The molecule has 1 amide bonds. The van der Waals surface area contributed by atoms with E-state index in [9.17, 15) is 4.79 Å². The minimum Gasteiger partial charge on any atom is -0.495 e. The Hall–Kier alpha value is -1.75. The molecule has 0 aliphatic carbocycles. The lowest BCUT2D eigenvalue weighted by atomic mass is 9.87. The third kappa shape index (κ3) is 3.67. The summed E-state index contributed by atoms with van der Waals surface area (Å²) in [5.74, 6) is 0.539. The molecule has 0 bridgehead atoms. The Balaban J connectivity index is 2.31. The highest BCUT2D eigenvalue weighted by Crippen LogP contribution is 2.31. The summed E-state index contributed by atoms with van der Waals surface area (Å²) >= 11 is 3.18. The number of carbonyl (C=O) groups is 1. The van der Waals surface area contributed by atoms with Crippen molar-refractivity contribution in [3.8, 4) is 5.75 Å². The van der Waals surface area contributed by atoms with E-state index in [0.29, 0.717) is 16.1 Å². The predicted octanol–water partition coefficient (Wildman–Crippen LogP) is 4.60. The molecule has 0 saturated heterocycles. The Morgan fingerprint density at radius 1 is 1.24 bits per heavy atom. The van der Waals surface area contributed by atoms with E-state index in [1.807, 2.05) is 18.2 Å². The Morgan fingerprint density at radius 3 is 2.48 bits per heavy atom. The standard InChI is InChI=1S/C16H18BrNO3/c1-16(2,3)10-5-6-12(20-4)11(9-10)18-15(19)13-7-8-14(17)21-13/h5-9H,1-4H3,(H,18,19). The van der Waals surface area contributed by atoms with Crippen LogP contribution in [0, 0.1) is 0 Å². The monoisotopic (exact) mass is 351 g/mol. The van der Waals surface area contributed by atoms with E-state index in [1.165, 1.54) is 0 Å². The number of hydrogen-bond acceptors (Lipinski definition) is 3. The number of methoxy groups -OCH3 is 1. The smallest absolute Gasteiger partial charge is 0.291 e. The van der Waals surface area contributed by atoms with Gasteiger partial charge in [0.15, 0.2) is 10.4 Å². The van der Waals surface area contributed by atoms with E-state index >= 15 is 0 Å². The quantitative estimate of drug-likeness (QED) is 0.878. The zero-order chi connectivity index (χ0) is 15.6. The lowest BCUT2D eigenvalue weighted by Crippen LogP contribution is -2.15. The summed E-state index contributed by atoms with van der Waals surface area (Å²) in [6.07, 6.45) is 0. The number of amides is 1. The van der Waals surface area contributed by atoms with Gasteiger partial charge in [-0.25, -0.2) is 0 Å². The molecule has 1 heterocycles. The fourth-order valence-corrected chi connectivity index (χ4v) is 2.20. The molecule has 5 heteroatoms. The molecule has 1 N–H and O–H groups in total. The first kappa shape index (κ1) is 15.6. The summed E-state index contributed by atoms with van der Waals surface area (Å²) in [5, 5.41) is 2.83. The maximum atomic E-state index is 12.2. The van der Waals surface area contributed by atoms with Crippen molar-refractivity contribution in [1.82, 2.24) is 0 Å². The van der Waals surface area contributed by atoms with E-state index in [1.54, 1.807) is 19.2 Å². The second-order valence-corrected chi connectivity index (χ2v) is 6.50. The van der Waals surface area contributed by atoms with Gasteiger partial charge in [-0.3, -0.25) is 4.79 Å². The number of carbonyl (C=O) groups excluding carboxylic acids is 1. The van der Waals surface area contributed by atoms with Gasteiger partial charge in [0.25, 0.3) is 5.91 Å². The molecule has 0 atom stereocenters. The lowest BCUT2D eigenvalue weighted by molar-refractivity contribution is 0.0995. The predicted molar refractivity (Wildman–Crippen MR) is 86.1 cm³/mol. The van der Waals surface area contributed by atoms with Gasteiger partial charge < -0.3 is 14.5 Å². The zero-order valence-corrected chi connectivity index (χ0v) is 14.1. The van der Waals surface area contributed by atoms with E-state index in [-0.39, 0.29) is 17.1 Å². The number of anilines is 1. The van der Waals surface area contributed by atoms with Crippen molar-refractivity contribution in [2.75, 3.05) is 12.4 Å². The van der Waals surface area contributed by atoms with E-state index in [0.717, 1.165) is 5.56 Å². The molecule has 1 aromatic heterocycles. The van der Waals surface area contributed by atoms with Crippen LogP contribution in [0.3, 0.4) is 0 Å². The SMILES string of the molecule is COc1ccc(C(C)(C)C)cc1NC(=O)c1ccc(Br)o1. The van der Waals surface area contributed by atoms with Crippen LogP contribution in [-0.2, 0) is 5.41 Å². The van der Waals surface area contributed by atoms with Crippen molar-refractivity contribution in [1.29, 1.82) is 0 Å². The Kier molecular flexibility index (Phi) is 4.42. The van der Waals surface area contributed by atoms with E-state index < -0.39 is 0 Å². The van der Waals surface area contributed by atoms with Gasteiger partial charge in [0.1, 0.15) is 5.75 Å². The highest BCUT2D eigenvalue weighted by Gasteiger charge is 2.18. The molecule has 21 heavy (non-hydrogen) atoms. The van der Waals surface area contributed by atoms with Crippen LogP contribution in [0.25, 0.3) is 0 Å². The molecule has 0 radical (unpaired) electrons. The van der Waals surface area contributed by atoms with Crippen molar-refractivity contribution >= 4 is 27.5 Å². The van der Waals surface area contributed by atoms with Gasteiger partial charge in [0.2, 0.25) is 0 Å². The normalized spacial score (nSPS) is 11.3. The van der Waals surface area contributed by atoms with Crippen LogP contribution < -0.4 is 10.1 Å². The number of rotatable bonds is 3. The maximum Gasteiger partial charge on any atom is 0.291 e. The van der Waals surface area contributed by atoms with Crippen LogP contribution in [-0.4, -0.2) is 13.0 Å². The molecule has 1 aromatic carbocycles. The fourth-order valence-electron chi connectivity index (χ4n) is 1.89. The summed E-state index contributed by atoms with van der Waals surface area (Å²) in [4.78, 5) is 12.2. The van der Waals surface area contributed by atoms with Gasteiger partial charge in [-0.1, -0.05) is 26.8 Å². The number of halogens is 1. The number of benzene rings is 1. The van der Waals surface area contributed by atoms with Crippen LogP contribution in [0.1, 0.15) is 36.9 Å². The second kappa shape index (κ2) is 5.93. The topological polar surface area (TPSA) is 51.5 Å². The summed E-state index contributed by atoms with van der Waals surface area (Å²) in [5.41, 5.74) is 1.72. The fraction of sp³-hybridized carbons (Fsp3) is 0.312. The van der Waals surface area contributed by atoms with E-state index in [4.69, 9.17) is 9.15 Å². The number of hydrogen-bond donors (Lipinski definition) is 1. The third-order valence-corrected chi connectivity index (χ3v) is 3.54. The second-order valence-electron chi connectivity index (χ2n) is 5.72. The van der Waals surface area contributed by atoms with Gasteiger partial charge in [-0.15, -0.1) is 0 Å². The van der Waals surface area contributed by atoms with Crippen LogP contribution in [0.4, 0.5) is 5.69 Å². The van der Waals surface area contributed by atoms with Gasteiger partial charge in [0.05, 0.1) is 12.8 Å². The highest BCUT2D eigenvalue weighted by molar-refractivity contribution is 9.10. The minimum absolute atomic E-state index is 0.0144. The van der Waals surface area contributed by atoms with Crippen LogP contribution in [0.2, 0.25) is 0 Å². The van der Waals surface area contributed by atoms with Gasteiger partial charge in [0, 0.05) is 0 Å². The summed E-state index contributed by atoms with van der Waals surface area (Å²) in [7, 11) is 1.57. The Bertz CT molecular complexity index is 656. The molecule has 0 saturated carbocycles. The van der Waals surface area contributed by atoms with Crippen molar-refractivity contribution in [2.24, 2.45) is 0 Å². The first-order valence-corrected chi connectivity index (χ1v) is 7.36. The van der Waals surface area contributed by atoms with Crippen LogP contribution in [0.5, 0.6) is 5.75 Å². The summed E-state index contributed by atoms with van der Waals surface area (Å²) in [6.45, 7) is 6.35. The first-order valence-electron chi connectivity index (χ1n) is 6.56. The summed E-state index contributed by atoms with van der Waals surface area (Å²) < 4.78 is 11.1. The third-order valence-electron chi connectivity index (χ3n) is 3.11. The zero-order valence-electron chi connectivity index (χ0n) is 12.5. The maximum absolute atomic E-state index is 12.2. The number of ether oxygens (including phenoxy) is 1. The van der Waals surface area contributed by atoms with Gasteiger partial charge in [-0.05, 0) is 51.2 Å². The largest absolute Gasteiger partial charge is 0.495 e. The average molecular weight is 352 g/mol. The van der Waals surface area contributed by atoms with Crippen molar-refractivity contribution in [3.63, 3.8) is 0 Å². The molecule has 112 valence electrons. The van der Waals surface area contributed by atoms with Gasteiger partial charge >= 0.3 is 0 Å². The number of nitrogens with one attached hydrogen (secondary N) is 1. The average Bonchev–Trinajstić information content (AvgIpc) is 2.84. The summed E-state index contributed by atoms with van der Waals surface area (Å²) in [6, 6.07) is 9.07. The number of furan rings is 1. The van der Waals surface area contributed by atoms with Crippen molar-refractivity contribution in [2.45, 2.75) is 26.2 Å².